The molecule has 1 heterocycles. The summed E-state index contributed by atoms with van der Waals surface area (Å²) in [6, 6.07) is 6.35. The second-order valence-corrected chi connectivity index (χ2v) is 7.74. The highest BCUT2D eigenvalue weighted by Crippen LogP contribution is 2.22. The van der Waals surface area contributed by atoms with Crippen LogP contribution in [0.25, 0.3) is 0 Å². The van der Waals surface area contributed by atoms with Gasteiger partial charge in [0.2, 0.25) is 0 Å². The first-order valence-electron chi connectivity index (χ1n) is 8.50. The lowest BCUT2D eigenvalue weighted by atomic mass is 10.2. The Morgan fingerprint density at radius 3 is 2.62 bits per heavy atom. The SMILES string of the molecule is CCOC1=CN=C(SCc2ccc(F)cc2)N(CC(=O)OC(C)(C)C)C1. The molecule has 5 nitrogen and oxygen atoms in total. The Morgan fingerprint density at radius 1 is 1.31 bits per heavy atom. The minimum atomic E-state index is -0.538. The van der Waals surface area contributed by atoms with Crippen LogP contribution in [-0.2, 0) is 20.0 Å². The van der Waals surface area contributed by atoms with Gasteiger partial charge in [0.15, 0.2) is 5.17 Å². The van der Waals surface area contributed by atoms with Crippen molar-refractivity contribution < 1.29 is 18.7 Å². The van der Waals surface area contributed by atoms with Crippen molar-refractivity contribution in [1.82, 2.24) is 4.90 Å². The minimum Gasteiger partial charge on any atom is -0.495 e. The van der Waals surface area contributed by atoms with Crippen molar-refractivity contribution >= 4 is 22.9 Å². The Bertz CT molecular complexity index is 681. The van der Waals surface area contributed by atoms with Gasteiger partial charge in [0.1, 0.15) is 23.7 Å². The Balaban J connectivity index is 2.05. The number of amidine groups is 1. The lowest BCUT2D eigenvalue weighted by Crippen LogP contribution is -2.40. The minimum absolute atomic E-state index is 0.0942. The van der Waals surface area contributed by atoms with Crippen LogP contribution in [0.2, 0.25) is 0 Å². The monoisotopic (exact) mass is 380 g/mol. The molecule has 7 heteroatoms. The van der Waals surface area contributed by atoms with E-state index in [0.717, 1.165) is 5.56 Å². The highest BCUT2D eigenvalue weighted by Gasteiger charge is 2.24. The third-order valence-electron chi connectivity index (χ3n) is 3.29. The average Bonchev–Trinajstić information content (AvgIpc) is 2.54. The van der Waals surface area contributed by atoms with Crippen LogP contribution in [-0.4, -0.2) is 41.3 Å². The van der Waals surface area contributed by atoms with Crippen LogP contribution in [0.5, 0.6) is 0 Å². The third kappa shape index (κ3) is 6.71. The maximum atomic E-state index is 13.0. The van der Waals surface area contributed by atoms with E-state index in [0.29, 0.717) is 29.8 Å². The standard InChI is InChI=1S/C19H25FN2O3S/c1-5-24-16-10-21-18(26-13-14-6-8-15(20)9-7-14)22(11-16)12-17(23)25-19(2,3)4/h6-10H,5,11-13H2,1-4H3. The molecule has 26 heavy (non-hydrogen) atoms. The van der Waals surface area contributed by atoms with Crippen LogP contribution < -0.4 is 0 Å². The lowest BCUT2D eigenvalue weighted by Gasteiger charge is -2.29. The maximum absolute atomic E-state index is 13.0. The fraction of sp³-hybridized carbons (Fsp3) is 0.474. The van der Waals surface area contributed by atoms with E-state index in [1.54, 1.807) is 18.3 Å². The summed E-state index contributed by atoms with van der Waals surface area (Å²) >= 11 is 1.49. The van der Waals surface area contributed by atoms with E-state index in [2.05, 4.69) is 4.99 Å². The topological polar surface area (TPSA) is 51.1 Å². The molecule has 0 aliphatic carbocycles. The van der Waals surface area contributed by atoms with E-state index in [-0.39, 0.29) is 18.3 Å². The molecule has 1 aromatic rings. The molecule has 1 aliphatic heterocycles. The summed E-state index contributed by atoms with van der Waals surface area (Å²) < 4.78 is 24.0. The zero-order valence-electron chi connectivity index (χ0n) is 15.6. The molecular formula is C19H25FN2O3S. The molecule has 0 spiro atoms. The first-order valence-corrected chi connectivity index (χ1v) is 9.49. The van der Waals surface area contributed by atoms with Gasteiger partial charge in [-0.3, -0.25) is 4.79 Å². The van der Waals surface area contributed by atoms with Crippen LogP contribution in [0.4, 0.5) is 4.39 Å². The molecule has 0 atom stereocenters. The molecule has 142 valence electrons. The number of benzene rings is 1. The summed E-state index contributed by atoms with van der Waals surface area (Å²) in [5, 5.41) is 0.712. The van der Waals surface area contributed by atoms with Crippen molar-refractivity contribution in [2.24, 2.45) is 4.99 Å². The number of aliphatic imine (C=N–C) groups is 1. The first kappa shape index (κ1) is 20.3. The summed E-state index contributed by atoms with van der Waals surface area (Å²) in [5.41, 5.74) is 0.445. The number of nitrogens with zero attached hydrogens (tertiary/aromatic N) is 2. The van der Waals surface area contributed by atoms with Crippen molar-refractivity contribution in [2.75, 3.05) is 19.7 Å². The predicted molar refractivity (Wildman–Crippen MR) is 102 cm³/mol. The lowest BCUT2D eigenvalue weighted by molar-refractivity contribution is -0.155. The van der Waals surface area contributed by atoms with Gasteiger partial charge in [-0.1, -0.05) is 23.9 Å². The fourth-order valence-corrected chi connectivity index (χ4v) is 3.21. The molecule has 0 fully saturated rings. The van der Waals surface area contributed by atoms with Gasteiger partial charge in [0.05, 0.1) is 19.4 Å². The molecule has 1 aliphatic rings. The number of esters is 1. The van der Waals surface area contributed by atoms with Gasteiger partial charge in [-0.15, -0.1) is 0 Å². The van der Waals surface area contributed by atoms with Crippen LogP contribution in [0.15, 0.2) is 41.2 Å². The number of thioether (sulfide) groups is 1. The van der Waals surface area contributed by atoms with Crippen LogP contribution in [0.3, 0.4) is 0 Å². The maximum Gasteiger partial charge on any atom is 0.326 e. The molecule has 0 saturated carbocycles. The summed E-state index contributed by atoms with van der Waals surface area (Å²) in [4.78, 5) is 18.5. The van der Waals surface area contributed by atoms with Gasteiger partial charge in [-0.2, -0.15) is 0 Å². The van der Waals surface area contributed by atoms with E-state index in [1.807, 2.05) is 32.6 Å². The van der Waals surface area contributed by atoms with Crippen molar-refractivity contribution in [3.05, 3.63) is 47.6 Å². The van der Waals surface area contributed by atoms with Crippen LogP contribution in [0.1, 0.15) is 33.3 Å². The second kappa shape index (κ2) is 9.07. The van der Waals surface area contributed by atoms with E-state index in [4.69, 9.17) is 9.47 Å². The van der Waals surface area contributed by atoms with Gasteiger partial charge in [0.25, 0.3) is 0 Å². The number of carbonyl (C=O) groups excluding carboxylic acids is 1. The molecule has 0 bridgehead atoms. The van der Waals surface area contributed by atoms with Crippen molar-refractivity contribution in [2.45, 2.75) is 39.0 Å². The van der Waals surface area contributed by atoms with Gasteiger partial charge in [-0.25, -0.2) is 9.38 Å². The number of ether oxygens (including phenoxy) is 2. The van der Waals surface area contributed by atoms with Gasteiger partial charge in [-0.05, 0) is 45.4 Å². The first-order chi connectivity index (χ1) is 12.3. The van der Waals surface area contributed by atoms with Gasteiger partial charge < -0.3 is 14.4 Å². The largest absolute Gasteiger partial charge is 0.495 e. The third-order valence-corrected chi connectivity index (χ3v) is 4.39. The number of rotatable bonds is 6. The van der Waals surface area contributed by atoms with E-state index in [9.17, 15) is 9.18 Å². The molecule has 0 saturated heterocycles. The fourth-order valence-electron chi connectivity index (χ4n) is 2.28. The molecule has 0 unspecified atom stereocenters. The van der Waals surface area contributed by atoms with E-state index < -0.39 is 5.60 Å². The number of halogens is 1. The Hall–Kier alpha value is -2.02. The molecule has 0 amide bonds. The summed E-state index contributed by atoms with van der Waals surface area (Å²) in [5.74, 6) is 0.763. The van der Waals surface area contributed by atoms with E-state index in [1.165, 1.54) is 23.9 Å². The summed E-state index contributed by atoms with van der Waals surface area (Å²) in [7, 11) is 0. The second-order valence-electron chi connectivity index (χ2n) is 6.80. The smallest absolute Gasteiger partial charge is 0.326 e. The molecule has 0 N–H and O–H groups in total. The Labute approximate surface area is 158 Å². The zero-order chi connectivity index (χ0) is 19.2. The average molecular weight is 380 g/mol. The quantitative estimate of drug-likeness (QED) is 0.700. The molecule has 0 radical (unpaired) electrons. The number of hydrogen-bond donors (Lipinski definition) is 0. The van der Waals surface area contributed by atoms with Crippen molar-refractivity contribution in [3.63, 3.8) is 0 Å². The van der Waals surface area contributed by atoms with Gasteiger partial charge in [0, 0.05) is 5.75 Å². The Kier molecular flexibility index (Phi) is 7.08. The normalized spacial score (nSPS) is 14.6. The summed E-state index contributed by atoms with van der Waals surface area (Å²) in [6.07, 6.45) is 1.68. The van der Waals surface area contributed by atoms with Gasteiger partial charge >= 0.3 is 5.97 Å². The highest BCUT2D eigenvalue weighted by molar-refractivity contribution is 8.13. The highest BCUT2D eigenvalue weighted by atomic mass is 32.2. The molecule has 2 rings (SSSR count). The Morgan fingerprint density at radius 2 is 2.00 bits per heavy atom. The zero-order valence-corrected chi connectivity index (χ0v) is 16.4. The molecular weight excluding hydrogens is 355 g/mol. The van der Waals surface area contributed by atoms with E-state index >= 15 is 0 Å². The summed E-state index contributed by atoms with van der Waals surface area (Å²) in [6.45, 7) is 8.52. The molecule has 1 aromatic carbocycles. The van der Waals surface area contributed by atoms with Crippen LogP contribution in [0, 0.1) is 5.82 Å². The van der Waals surface area contributed by atoms with Crippen LogP contribution >= 0.6 is 11.8 Å². The predicted octanol–water partition coefficient (Wildman–Crippen LogP) is 3.95. The molecule has 0 aromatic heterocycles. The number of hydrogen-bond acceptors (Lipinski definition) is 6. The van der Waals surface area contributed by atoms with Crippen molar-refractivity contribution in [1.29, 1.82) is 0 Å². The van der Waals surface area contributed by atoms with Crippen molar-refractivity contribution in [3.8, 4) is 0 Å². The number of carbonyl (C=O) groups is 1.